The molecule has 0 saturated heterocycles. The fourth-order valence-corrected chi connectivity index (χ4v) is 4.13. The van der Waals surface area contributed by atoms with Crippen LogP contribution in [0.4, 0.5) is 5.69 Å². The van der Waals surface area contributed by atoms with Crippen molar-refractivity contribution < 1.29 is 14.3 Å². The van der Waals surface area contributed by atoms with Crippen LogP contribution in [0.5, 0.6) is 11.5 Å². The highest BCUT2D eigenvalue weighted by Crippen LogP contribution is 2.29. The molecular formula is C24H24N4O3S. The highest BCUT2D eigenvalue weighted by Gasteiger charge is 2.14. The van der Waals surface area contributed by atoms with Crippen molar-refractivity contribution in [2.75, 3.05) is 24.8 Å². The van der Waals surface area contributed by atoms with Crippen molar-refractivity contribution in [2.24, 2.45) is 0 Å². The van der Waals surface area contributed by atoms with Crippen LogP contribution >= 0.6 is 11.8 Å². The van der Waals surface area contributed by atoms with E-state index in [0.717, 1.165) is 44.7 Å². The number of hydrogen-bond acceptors (Lipinski definition) is 6. The van der Waals surface area contributed by atoms with Crippen LogP contribution in [0.15, 0.2) is 65.8 Å². The van der Waals surface area contributed by atoms with Crippen molar-refractivity contribution in [3.63, 3.8) is 0 Å². The number of carbonyl (C=O) groups is 1. The molecule has 2 aromatic heterocycles. The number of ether oxygens (including phenoxy) is 2. The Balaban J connectivity index is 1.49. The van der Waals surface area contributed by atoms with Crippen LogP contribution in [0.3, 0.4) is 0 Å². The summed E-state index contributed by atoms with van der Waals surface area (Å²) in [6.45, 7) is 4.48. The number of fused-ring (bicyclic) bond motifs is 1. The van der Waals surface area contributed by atoms with Gasteiger partial charge < -0.3 is 14.8 Å². The van der Waals surface area contributed by atoms with Gasteiger partial charge in [0.1, 0.15) is 16.5 Å². The molecule has 0 bridgehead atoms. The van der Waals surface area contributed by atoms with E-state index in [1.165, 1.54) is 11.8 Å². The zero-order valence-corrected chi connectivity index (χ0v) is 19.0. The number of anilines is 1. The number of thioether (sulfide) groups is 1. The highest BCUT2D eigenvalue weighted by molar-refractivity contribution is 7.99. The molecule has 7 nitrogen and oxygen atoms in total. The summed E-state index contributed by atoms with van der Waals surface area (Å²) in [7, 11) is 1.64. The molecule has 0 aliphatic carbocycles. The van der Waals surface area contributed by atoms with Gasteiger partial charge in [-0.15, -0.1) is 0 Å². The zero-order chi connectivity index (χ0) is 22.5. The molecule has 0 spiro atoms. The molecule has 32 heavy (non-hydrogen) atoms. The Kier molecular flexibility index (Phi) is 6.61. The lowest BCUT2D eigenvalue weighted by molar-refractivity contribution is -0.113. The molecule has 4 rings (SSSR count). The predicted molar refractivity (Wildman–Crippen MR) is 127 cm³/mol. The molecule has 0 aliphatic rings. The molecule has 0 fully saturated rings. The lowest BCUT2D eigenvalue weighted by Crippen LogP contribution is -2.14. The van der Waals surface area contributed by atoms with Gasteiger partial charge in [-0.05, 0) is 61.9 Å². The first-order valence-corrected chi connectivity index (χ1v) is 11.2. The van der Waals surface area contributed by atoms with Gasteiger partial charge in [0.25, 0.3) is 0 Å². The van der Waals surface area contributed by atoms with Crippen LogP contribution in [-0.2, 0) is 4.79 Å². The van der Waals surface area contributed by atoms with E-state index in [4.69, 9.17) is 9.47 Å². The SMILES string of the molecule is CCOc1ccc(NC(=O)CSc2cc(C)nc3c(-c4ccc(OC)cc4)cnn23)cc1. The Morgan fingerprint density at radius 2 is 1.81 bits per heavy atom. The molecule has 2 aromatic carbocycles. The molecule has 164 valence electrons. The first kappa shape index (κ1) is 21.7. The van der Waals surface area contributed by atoms with Crippen molar-refractivity contribution in [2.45, 2.75) is 18.9 Å². The molecular weight excluding hydrogens is 424 g/mol. The van der Waals surface area contributed by atoms with Crippen LogP contribution in [0, 0.1) is 6.92 Å². The summed E-state index contributed by atoms with van der Waals surface area (Å²) in [5.41, 5.74) is 4.28. The van der Waals surface area contributed by atoms with Gasteiger partial charge in [0.15, 0.2) is 5.65 Å². The van der Waals surface area contributed by atoms with E-state index in [-0.39, 0.29) is 11.7 Å². The van der Waals surface area contributed by atoms with Crippen molar-refractivity contribution in [3.05, 3.63) is 66.5 Å². The van der Waals surface area contributed by atoms with Gasteiger partial charge >= 0.3 is 0 Å². The Morgan fingerprint density at radius 3 is 2.50 bits per heavy atom. The smallest absolute Gasteiger partial charge is 0.234 e. The lowest BCUT2D eigenvalue weighted by atomic mass is 10.1. The van der Waals surface area contributed by atoms with E-state index >= 15 is 0 Å². The average Bonchev–Trinajstić information content (AvgIpc) is 3.23. The van der Waals surface area contributed by atoms with Gasteiger partial charge in [0.2, 0.25) is 5.91 Å². The largest absolute Gasteiger partial charge is 0.497 e. The minimum atomic E-state index is -0.0932. The third-order valence-corrected chi connectivity index (χ3v) is 5.76. The van der Waals surface area contributed by atoms with Crippen molar-refractivity contribution in [1.82, 2.24) is 14.6 Å². The van der Waals surface area contributed by atoms with E-state index in [9.17, 15) is 4.79 Å². The number of carbonyl (C=O) groups excluding carboxylic acids is 1. The van der Waals surface area contributed by atoms with Crippen LogP contribution in [0.25, 0.3) is 16.8 Å². The number of methoxy groups -OCH3 is 1. The number of nitrogens with one attached hydrogen (secondary N) is 1. The maximum atomic E-state index is 12.5. The lowest BCUT2D eigenvalue weighted by Gasteiger charge is -2.09. The van der Waals surface area contributed by atoms with Gasteiger partial charge in [-0.25, -0.2) is 9.50 Å². The highest BCUT2D eigenvalue weighted by atomic mass is 32.2. The Morgan fingerprint density at radius 1 is 1.09 bits per heavy atom. The molecule has 0 atom stereocenters. The fourth-order valence-electron chi connectivity index (χ4n) is 3.26. The number of benzene rings is 2. The molecule has 0 radical (unpaired) electrons. The van der Waals surface area contributed by atoms with Gasteiger partial charge in [-0.3, -0.25) is 4.79 Å². The average molecular weight is 449 g/mol. The number of aryl methyl sites for hydroxylation is 1. The summed E-state index contributed by atoms with van der Waals surface area (Å²) < 4.78 is 12.5. The number of nitrogens with zero attached hydrogens (tertiary/aromatic N) is 3. The number of hydrogen-bond donors (Lipinski definition) is 1. The molecule has 2 heterocycles. The van der Waals surface area contributed by atoms with Crippen LogP contribution < -0.4 is 14.8 Å². The number of rotatable bonds is 8. The number of amides is 1. The predicted octanol–water partition coefficient (Wildman–Crippen LogP) is 4.84. The summed E-state index contributed by atoms with van der Waals surface area (Å²) in [4.78, 5) is 17.2. The summed E-state index contributed by atoms with van der Waals surface area (Å²) in [5.74, 6) is 1.73. The normalized spacial score (nSPS) is 10.8. The summed E-state index contributed by atoms with van der Waals surface area (Å²) in [6, 6.07) is 17.1. The fraction of sp³-hybridized carbons (Fsp3) is 0.208. The van der Waals surface area contributed by atoms with Gasteiger partial charge in [0, 0.05) is 16.9 Å². The van der Waals surface area contributed by atoms with Gasteiger partial charge in [0.05, 0.1) is 25.7 Å². The Labute approximate surface area is 190 Å². The van der Waals surface area contributed by atoms with E-state index in [1.54, 1.807) is 17.8 Å². The summed E-state index contributed by atoms with van der Waals surface area (Å²) >= 11 is 1.42. The second-order valence-electron chi connectivity index (χ2n) is 7.05. The number of aromatic nitrogens is 3. The van der Waals surface area contributed by atoms with Crippen LogP contribution in [-0.4, -0.2) is 40.0 Å². The quantitative estimate of drug-likeness (QED) is 0.307. The topological polar surface area (TPSA) is 77.8 Å². The van der Waals surface area contributed by atoms with Crippen molar-refractivity contribution in [3.8, 4) is 22.6 Å². The minimum Gasteiger partial charge on any atom is -0.497 e. The maximum Gasteiger partial charge on any atom is 0.234 e. The zero-order valence-electron chi connectivity index (χ0n) is 18.2. The Hall–Kier alpha value is -3.52. The minimum absolute atomic E-state index is 0.0932. The van der Waals surface area contributed by atoms with E-state index in [0.29, 0.717) is 6.61 Å². The second kappa shape index (κ2) is 9.74. The molecule has 0 aliphatic heterocycles. The molecule has 8 heteroatoms. The maximum absolute atomic E-state index is 12.5. The molecule has 0 saturated carbocycles. The molecule has 1 N–H and O–H groups in total. The monoisotopic (exact) mass is 448 g/mol. The van der Waals surface area contributed by atoms with E-state index in [2.05, 4.69) is 15.4 Å². The summed E-state index contributed by atoms with van der Waals surface area (Å²) in [5, 5.41) is 8.29. The third-order valence-electron chi connectivity index (χ3n) is 4.77. The van der Waals surface area contributed by atoms with Crippen LogP contribution in [0.1, 0.15) is 12.6 Å². The van der Waals surface area contributed by atoms with Gasteiger partial charge in [-0.2, -0.15) is 5.10 Å². The summed E-state index contributed by atoms with van der Waals surface area (Å²) in [6.07, 6.45) is 1.80. The van der Waals surface area contributed by atoms with Gasteiger partial charge in [-0.1, -0.05) is 23.9 Å². The van der Waals surface area contributed by atoms with E-state index < -0.39 is 0 Å². The van der Waals surface area contributed by atoms with Crippen molar-refractivity contribution >= 4 is 29.0 Å². The second-order valence-corrected chi connectivity index (χ2v) is 8.05. The molecule has 0 unspecified atom stereocenters. The van der Waals surface area contributed by atoms with Crippen molar-refractivity contribution in [1.29, 1.82) is 0 Å². The van der Waals surface area contributed by atoms with Crippen LogP contribution in [0.2, 0.25) is 0 Å². The molecule has 1 amide bonds. The standard InChI is InChI=1S/C24H24N4O3S/c1-4-31-20-11-7-18(8-12-20)27-22(29)15-32-23-13-16(2)26-24-21(14-25-28(23)24)17-5-9-19(30-3)10-6-17/h5-14H,4,15H2,1-3H3,(H,27,29). The molecule has 4 aromatic rings. The Bertz CT molecular complexity index is 1220. The first-order valence-electron chi connectivity index (χ1n) is 10.2. The third kappa shape index (κ3) is 4.86. The van der Waals surface area contributed by atoms with E-state index in [1.807, 2.05) is 68.4 Å². The first-order chi connectivity index (χ1) is 15.6.